The fraction of sp³-hybridized carbons (Fsp3) is 0.278. The second-order valence-electron chi connectivity index (χ2n) is 5.94. The number of aromatic nitrogens is 2. The Morgan fingerprint density at radius 2 is 1.84 bits per heavy atom. The van der Waals surface area contributed by atoms with Crippen molar-refractivity contribution in [1.29, 1.82) is 0 Å². The van der Waals surface area contributed by atoms with E-state index < -0.39 is 0 Å². The molecule has 1 aromatic carbocycles. The van der Waals surface area contributed by atoms with Crippen LogP contribution in [0.25, 0.3) is 11.4 Å². The van der Waals surface area contributed by atoms with Crippen molar-refractivity contribution >= 4 is 11.6 Å². The molecule has 3 aromatic rings. The van der Waals surface area contributed by atoms with E-state index in [0.717, 1.165) is 24.3 Å². The van der Waals surface area contributed by atoms with Gasteiger partial charge in [0, 0.05) is 44.4 Å². The molecule has 4 rings (SSSR count). The van der Waals surface area contributed by atoms with E-state index in [9.17, 15) is 4.79 Å². The number of benzene rings is 1. The molecular weight excluding hydrogens is 320 g/mol. The van der Waals surface area contributed by atoms with Crippen LogP contribution in [0.3, 0.4) is 0 Å². The van der Waals surface area contributed by atoms with E-state index in [0.29, 0.717) is 30.6 Å². The molecule has 1 aliphatic rings. The van der Waals surface area contributed by atoms with Crippen molar-refractivity contribution in [2.45, 2.75) is 6.92 Å². The molecule has 0 unspecified atom stereocenters. The third-order valence-electron chi connectivity index (χ3n) is 4.32. The molecule has 0 N–H and O–H groups in total. The van der Waals surface area contributed by atoms with Crippen LogP contribution in [0.5, 0.6) is 0 Å². The molecule has 7 nitrogen and oxygen atoms in total. The van der Waals surface area contributed by atoms with Crippen LogP contribution in [-0.4, -0.2) is 47.1 Å². The lowest BCUT2D eigenvalue weighted by Gasteiger charge is -2.35. The maximum atomic E-state index is 12.3. The highest BCUT2D eigenvalue weighted by Gasteiger charge is 2.23. The molecular formula is C18H18N4O3. The Labute approximate surface area is 144 Å². The number of hydrogen-bond acceptors (Lipinski definition) is 6. The molecule has 1 amide bonds. The van der Waals surface area contributed by atoms with Gasteiger partial charge in [0.05, 0.1) is 6.26 Å². The lowest BCUT2D eigenvalue weighted by atomic mass is 10.1. The number of carbonyl (C=O) groups excluding carboxylic acids is 1. The Morgan fingerprint density at radius 1 is 1.08 bits per heavy atom. The van der Waals surface area contributed by atoms with Crippen molar-refractivity contribution in [1.82, 2.24) is 15.0 Å². The Hall–Kier alpha value is -3.09. The zero-order chi connectivity index (χ0) is 17.2. The van der Waals surface area contributed by atoms with Gasteiger partial charge in [-0.25, -0.2) is 0 Å². The topological polar surface area (TPSA) is 75.6 Å². The largest absolute Gasteiger partial charge is 0.459 e. The fourth-order valence-corrected chi connectivity index (χ4v) is 2.96. The molecule has 0 aliphatic carbocycles. The molecule has 0 radical (unpaired) electrons. The predicted molar refractivity (Wildman–Crippen MR) is 91.3 cm³/mol. The number of piperazine rings is 1. The highest BCUT2D eigenvalue weighted by atomic mass is 16.5. The zero-order valence-electron chi connectivity index (χ0n) is 13.9. The molecule has 2 aromatic heterocycles. The van der Waals surface area contributed by atoms with Crippen molar-refractivity contribution in [3.05, 3.63) is 54.3 Å². The number of furan rings is 1. The van der Waals surface area contributed by atoms with E-state index in [2.05, 4.69) is 15.0 Å². The standard InChI is InChI=1S/C18H18N4O3/c1-13-19-17(20-25-13)14-4-6-15(7-5-14)21-8-10-22(11-9-21)18(23)16-3-2-12-24-16/h2-7,12H,8-11H2,1H3. The maximum absolute atomic E-state index is 12.3. The van der Waals surface area contributed by atoms with Gasteiger partial charge in [-0.1, -0.05) is 5.16 Å². The van der Waals surface area contributed by atoms with E-state index in [1.54, 1.807) is 19.1 Å². The van der Waals surface area contributed by atoms with Gasteiger partial charge in [0.15, 0.2) is 5.76 Å². The molecule has 25 heavy (non-hydrogen) atoms. The van der Waals surface area contributed by atoms with Gasteiger partial charge in [-0.15, -0.1) is 0 Å². The minimum atomic E-state index is -0.0486. The number of nitrogens with zero attached hydrogens (tertiary/aromatic N) is 4. The average molecular weight is 338 g/mol. The quantitative estimate of drug-likeness (QED) is 0.731. The number of amides is 1. The summed E-state index contributed by atoms with van der Waals surface area (Å²) in [4.78, 5) is 20.6. The third-order valence-corrected chi connectivity index (χ3v) is 4.32. The van der Waals surface area contributed by atoms with E-state index >= 15 is 0 Å². The first kappa shape index (κ1) is 15.4. The monoisotopic (exact) mass is 338 g/mol. The first-order chi connectivity index (χ1) is 12.2. The molecule has 0 bridgehead atoms. The smallest absolute Gasteiger partial charge is 0.289 e. The molecule has 0 atom stereocenters. The van der Waals surface area contributed by atoms with E-state index in [1.165, 1.54) is 6.26 Å². The Kier molecular flexibility index (Phi) is 3.97. The normalized spacial score (nSPS) is 14.8. The van der Waals surface area contributed by atoms with Gasteiger partial charge in [0.1, 0.15) is 0 Å². The number of anilines is 1. The fourth-order valence-electron chi connectivity index (χ4n) is 2.96. The molecule has 7 heteroatoms. The number of carbonyl (C=O) groups is 1. The van der Waals surface area contributed by atoms with Gasteiger partial charge >= 0.3 is 0 Å². The van der Waals surface area contributed by atoms with Crippen LogP contribution < -0.4 is 4.90 Å². The predicted octanol–water partition coefficient (Wildman–Crippen LogP) is 2.60. The lowest BCUT2D eigenvalue weighted by molar-refractivity contribution is 0.0714. The van der Waals surface area contributed by atoms with E-state index in [-0.39, 0.29) is 5.91 Å². The van der Waals surface area contributed by atoms with Crippen molar-refractivity contribution in [2.24, 2.45) is 0 Å². The summed E-state index contributed by atoms with van der Waals surface area (Å²) >= 11 is 0. The first-order valence-corrected chi connectivity index (χ1v) is 8.19. The van der Waals surface area contributed by atoms with Crippen LogP contribution in [0.15, 0.2) is 51.6 Å². The summed E-state index contributed by atoms with van der Waals surface area (Å²) in [6.07, 6.45) is 1.52. The molecule has 1 saturated heterocycles. The molecule has 0 spiro atoms. The van der Waals surface area contributed by atoms with E-state index in [4.69, 9.17) is 8.94 Å². The lowest BCUT2D eigenvalue weighted by Crippen LogP contribution is -2.48. The SMILES string of the molecule is Cc1nc(-c2ccc(N3CCN(C(=O)c4ccco4)CC3)cc2)no1. The number of rotatable bonds is 3. The van der Waals surface area contributed by atoms with Crippen LogP contribution in [0.4, 0.5) is 5.69 Å². The summed E-state index contributed by atoms with van der Waals surface area (Å²) in [5.41, 5.74) is 2.04. The summed E-state index contributed by atoms with van der Waals surface area (Å²) in [5.74, 6) is 1.50. The average Bonchev–Trinajstić information content (AvgIpc) is 3.33. The second kappa shape index (κ2) is 6.43. The van der Waals surface area contributed by atoms with Gasteiger partial charge in [-0.2, -0.15) is 4.98 Å². The maximum Gasteiger partial charge on any atom is 0.289 e. The van der Waals surface area contributed by atoms with Crippen molar-refractivity contribution in [3.63, 3.8) is 0 Å². The van der Waals surface area contributed by atoms with Crippen molar-refractivity contribution < 1.29 is 13.7 Å². The molecule has 1 fully saturated rings. The number of aryl methyl sites for hydroxylation is 1. The molecule has 1 aliphatic heterocycles. The van der Waals surface area contributed by atoms with Crippen LogP contribution >= 0.6 is 0 Å². The first-order valence-electron chi connectivity index (χ1n) is 8.19. The van der Waals surface area contributed by atoms with Gasteiger partial charge < -0.3 is 18.7 Å². The van der Waals surface area contributed by atoms with Crippen LogP contribution in [-0.2, 0) is 0 Å². The summed E-state index contributed by atoms with van der Waals surface area (Å²) < 4.78 is 10.2. The Balaban J connectivity index is 1.40. The van der Waals surface area contributed by atoms with Crippen LogP contribution in [0.2, 0.25) is 0 Å². The second-order valence-corrected chi connectivity index (χ2v) is 5.94. The highest BCUT2D eigenvalue weighted by molar-refractivity contribution is 5.91. The number of hydrogen-bond donors (Lipinski definition) is 0. The van der Waals surface area contributed by atoms with Crippen molar-refractivity contribution in [3.8, 4) is 11.4 Å². The van der Waals surface area contributed by atoms with Gasteiger partial charge in [-0.05, 0) is 36.4 Å². The van der Waals surface area contributed by atoms with Crippen LogP contribution in [0.1, 0.15) is 16.4 Å². The van der Waals surface area contributed by atoms with Gasteiger partial charge in [-0.3, -0.25) is 4.79 Å². The molecule has 0 saturated carbocycles. The molecule has 3 heterocycles. The van der Waals surface area contributed by atoms with Crippen molar-refractivity contribution in [2.75, 3.05) is 31.1 Å². The van der Waals surface area contributed by atoms with Crippen LogP contribution in [0, 0.1) is 6.92 Å². The van der Waals surface area contributed by atoms with Gasteiger partial charge in [0.25, 0.3) is 5.91 Å². The molecule has 128 valence electrons. The van der Waals surface area contributed by atoms with E-state index in [1.807, 2.05) is 29.2 Å². The Bertz CT molecular complexity index is 847. The highest BCUT2D eigenvalue weighted by Crippen LogP contribution is 2.22. The summed E-state index contributed by atoms with van der Waals surface area (Å²) in [6.45, 7) is 4.69. The zero-order valence-corrected chi connectivity index (χ0v) is 13.9. The van der Waals surface area contributed by atoms with Gasteiger partial charge in [0.2, 0.25) is 11.7 Å². The summed E-state index contributed by atoms with van der Waals surface area (Å²) in [7, 11) is 0. The minimum Gasteiger partial charge on any atom is -0.459 e. The summed E-state index contributed by atoms with van der Waals surface area (Å²) in [5, 5.41) is 3.93. The Morgan fingerprint density at radius 3 is 2.44 bits per heavy atom. The minimum absolute atomic E-state index is 0.0486. The third kappa shape index (κ3) is 3.13. The summed E-state index contributed by atoms with van der Waals surface area (Å²) in [6, 6.07) is 11.5.